The van der Waals surface area contributed by atoms with Crippen molar-refractivity contribution in [2.24, 2.45) is 4.99 Å². The van der Waals surface area contributed by atoms with E-state index in [0.717, 1.165) is 28.4 Å². The summed E-state index contributed by atoms with van der Waals surface area (Å²) in [7, 11) is 0. The Morgan fingerprint density at radius 2 is 1.72 bits per heavy atom. The second-order valence-corrected chi connectivity index (χ2v) is 10.8. The number of hydrogen-bond acceptors (Lipinski definition) is 4. The molecule has 3 aromatic carbocycles. The molecule has 4 nitrogen and oxygen atoms in total. The van der Waals surface area contributed by atoms with E-state index in [2.05, 4.69) is 84.9 Å². The average Bonchev–Trinajstić information content (AvgIpc) is 3.12. The molecule has 0 amide bonds. The minimum Gasteiger partial charge on any atom is -0.491 e. The molecule has 0 atom stereocenters. The van der Waals surface area contributed by atoms with E-state index in [0.29, 0.717) is 17.2 Å². The molecule has 0 aliphatic carbocycles. The normalized spacial score (nSPS) is 14.4. The highest BCUT2D eigenvalue weighted by Gasteiger charge is 2.26. The quantitative estimate of drug-likeness (QED) is 0.152. The molecular formula is C24H15ClI3NO3. The summed E-state index contributed by atoms with van der Waals surface area (Å²) >= 11 is 12.9. The molecule has 1 aliphatic rings. The Morgan fingerprint density at radius 3 is 2.44 bits per heavy atom. The van der Waals surface area contributed by atoms with Crippen LogP contribution in [0.25, 0.3) is 6.08 Å². The van der Waals surface area contributed by atoms with Gasteiger partial charge in [-0.2, -0.15) is 0 Å². The Kier molecular flexibility index (Phi) is 8.11. The second kappa shape index (κ2) is 10.8. The van der Waals surface area contributed by atoms with Gasteiger partial charge in [0.2, 0.25) is 5.90 Å². The summed E-state index contributed by atoms with van der Waals surface area (Å²) in [6.07, 6.45) is 2.55. The number of aliphatic imine (C=N–C) groups is 1. The van der Waals surface area contributed by atoms with Crippen molar-refractivity contribution in [2.45, 2.75) is 6.42 Å². The van der Waals surface area contributed by atoms with Crippen LogP contribution in [0.4, 0.5) is 0 Å². The maximum absolute atomic E-state index is 12.4. The van der Waals surface area contributed by atoms with Gasteiger partial charge >= 0.3 is 5.97 Å². The summed E-state index contributed by atoms with van der Waals surface area (Å²) in [6, 6.07) is 19.7. The van der Waals surface area contributed by atoms with Gasteiger partial charge in [-0.3, -0.25) is 0 Å². The van der Waals surface area contributed by atoms with Crippen LogP contribution in [-0.4, -0.2) is 18.5 Å². The van der Waals surface area contributed by atoms with Gasteiger partial charge in [0.15, 0.2) is 5.70 Å². The first kappa shape index (κ1) is 24.0. The number of esters is 1. The van der Waals surface area contributed by atoms with Gasteiger partial charge in [0.1, 0.15) is 5.75 Å². The van der Waals surface area contributed by atoms with Crippen LogP contribution in [0, 0.1) is 10.7 Å². The zero-order valence-corrected chi connectivity index (χ0v) is 23.7. The number of cyclic esters (lactones) is 1. The van der Waals surface area contributed by atoms with E-state index >= 15 is 0 Å². The standard InChI is InChI=1S/C24H15ClI3NO3/c25-18-7-6-16(26)13-17(18)23-29-21(24(30)32-23)12-15-10-19(27)22(20(28)11-15)31-9-8-14-4-2-1-3-5-14/h1-7,10-13H,8-9H2/b21-12-. The molecule has 4 rings (SSSR count). The molecule has 0 aromatic heterocycles. The van der Waals surface area contributed by atoms with Crippen LogP contribution >= 0.6 is 79.4 Å². The Hall–Kier alpha value is -1.18. The van der Waals surface area contributed by atoms with Gasteiger partial charge in [0.05, 0.1) is 24.3 Å². The largest absolute Gasteiger partial charge is 0.491 e. The monoisotopic (exact) mass is 781 g/mol. The molecule has 0 radical (unpaired) electrons. The van der Waals surface area contributed by atoms with Gasteiger partial charge in [-0.25, -0.2) is 9.79 Å². The number of carbonyl (C=O) groups excluding carboxylic acids is 1. The molecule has 1 aliphatic heterocycles. The number of hydrogen-bond donors (Lipinski definition) is 0. The minimum absolute atomic E-state index is 0.218. The van der Waals surface area contributed by atoms with Crippen molar-refractivity contribution in [3.05, 3.63) is 98.8 Å². The van der Waals surface area contributed by atoms with Crippen molar-refractivity contribution in [3.63, 3.8) is 0 Å². The van der Waals surface area contributed by atoms with Crippen LogP contribution in [-0.2, 0) is 16.0 Å². The Balaban J connectivity index is 1.53. The Bertz CT molecular complexity index is 1220. The summed E-state index contributed by atoms with van der Waals surface area (Å²) in [5, 5.41) is 0.485. The molecule has 0 spiro atoms. The number of ether oxygens (including phenoxy) is 2. The van der Waals surface area contributed by atoms with Crippen LogP contribution in [0.15, 0.2) is 71.4 Å². The van der Waals surface area contributed by atoms with E-state index in [9.17, 15) is 4.79 Å². The predicted molar refractivity (Wildman–Crippen MR) is 152 cm³/mol. The maximum Gasteiger partial charge on any atom is 0.363 e. The molecule has 0 N–H and O–H groups in total. The van der Waals surface area contributed by atoms with Crippen LogP contribution in [0.3, 0.4) is 0 Å². The molecular weight excluding hydrogens is 766 g/mol. The summed E-state index contributed by atoms with van der Waals surface area (Å²) in [5.41, 5.74) is 2.92. The predicted octanol–water partition coefficient (Wildman–Crippen LogP) is 7.12. The van der Waals surface area contributed by atoms with Crippen molar-refractivity contribution in [2.75, 3.05) is 6.61 Å². The van der Waals surface area contributed by atoms with E-state index in [1.165, 1.54) is 5.56 Å². The topological polar surface area (TPSA) is 47.9 Å². The van der Waals surface area contributed by atoms with E-state index in [-0.39, 0.29) is 11.6 Å². The van der Waals surface area contributed by atoms with Crippen molar-refractivity contribution >= 4 is 97.3 Å². The molecule has 0 saturated carbocycles. The molecule has 0 unspecified atom stereocenters. The van der Waals surface area contributed by atoms with Crippen LogP contribution < -0.4 is 4.74 Å². The highest BCUT2D eigenvalue weighted by Crippen LogP contribution is 2.31. The number of nitrogens with zero attached hydrogens (tertiary/aromatic N) is 1. The van der Waals surface area contributed by atoms with Gasteiger partial charge in [0, 0.05) is 9.99 Å². The Morgan fingerprint density at radius 1 is 1.00 bits per heavy atom. The lowest BCUT2D eigenvalue weighted by Crippen LogP contribution is -2.06. The lowest BCUT2D eigenvalue weighted by molar-refractivity contribution is -0.129. The lowest BCUT2D eigenvalue weighted by atomic mass is 10.1. The summed E-state index contributed by atoms with van der Waals surface area (Å²) < 4.78 is 14.3. The van der Waals surface area contributed by atoms with Crippen LogP contribution in [0.2, 0.25) is 5.02 Å². The first-order valence-electron chi connectivity index (χ1n) is 9.54. The van der Waals surface area contributed by atoms with E-state index < -0.39 is 5.97 Å². The number of carbonyl (C=O) groups is 1. The molecule has 8 heteroatoms. The lowest BCUT2D eigenvalue weighted by Gasteiger charge is -2.11. The smallest absolute Gasteiger partial charge is 0.363 e. The molecule has 162 valence electrons. The zero-order valence-electron chi connectivity index (χ0n) is 16.4. The molecule has 1 heterocycles. The number of rotatable bonds is 6. The molecule has 0 bridgehead atoms. The fraction of sp³-hybridized carbons (Fsp3) is 0.0833. The van der Waals surface area contributed by atoms with Gasteiger partial charge in [-0.1, -0.05) is 41.9 Å². The fourth-order valence-electron chi connectivity index (χ4n) is 3.06. The molecule has 32 heavy (non-hydrogen) atoms. The summed E-state index contributed by atoms with van der Waals surface area (Å²) in [4.78, 5) is 16.8. The highest BCUT2D eigenvalue weighted by atomic mass is 127. The summed E-state index contributed by atoms with van der Waals surface area (Å²) in [6.45, 7) is 0.590. The van der Waals surface area contributed by atoms with Crippen molar-refractivity contribution in [1.82, 2.24) is 0 Å². The van der Waals surface area contributed by atoms with Gasteiger partial charge in [0.25, 0.3) is 0 Å². The molecule has 0 saturated heterocycles. The van der Waals surface area contributed by atoms with Gasteiger partial charge < -0.3 is 9.47 Å². The van der Waals surface area contributed by atoms with E-state index in [4.69, 9.17) is 21.1 Å². The van der Waals surface area contributed by atoms with Gasteiger partial charge in [-0.05, 0) is 115 Å². The molecule has 0 fully saturated rings. The van der Waals surface area contributed by atoms with Crippen molar-refractivity contribution < 1.29 is 14.3 Å². The van der Waals surface area contributed by atoms with E-state index in [1.807, 2.05) is 42.5 Å². The Labute approximate surface area is 231 Å². The maximum atomic E-state index is 12.4. The van der Waals surface area contributed by atoms with Crippen molar-refractivity contribution in [1.29, 1.82) is 0 Å². The van der Waals surface area contributed by atoms with Gasteiger partial charge in [-0.15, -0.1) is 0 Å². The average molecular weight is 782 g/mol. The summed E-state index contributed by atoms with van der Waals surface area (Å²) in [5.74, 6) is 0.561. The third-order valence-corrected chi connectivity index (χ3v) is 7.19. The second-order valence-electron chi connectivity index (χ2n) is 6.86. The van der Waals surface area contributed by atoms with Crippen molar-refractivity contribution in [3.8, 4) is 5.75 Å². The SMILES string of the molecule is O=C1OC(c2cc(I)ccc2Cl)=N/C1=C\c1cc(I)c(OCCc2ccccc2)c(I)c1. The highest BCUT2D eigenvalue weighted by molar-refractivity contribution is 14.1. The third kappa shape index (κ3) is 5.84. The first-order valence-corrected chi connectivity index (χ1v) is 13.2. The third-order valence-electron chi connectivity index (χ3n) is 4.58. The minimum atomic E-state index is -0.497. The first-order chi connectivity index (χ1) is 15.4. The molecule has 3 aromatic rings. The van der Waals surface area contributed by atoms with Crippen LogP contribution in [0.5, 0.6) is 5.75 Å². The van der Waals surface area contributed by atoms with Crippen LogP contribution in [0.1, 0.15) is 16.7 Å². The number of benzene rings is 3. The number of halogens is 4. The van der Waals surface area contributed by atoms with E-state index in [1.54, 1.807) is 12.1 Å². The zero-order chi connectivity index (χ0) is 22.7. The fourth-order valence-corrected chi connectivity index (χ4v) is 5.88.